The van der Waals surface area contributed by atoms with Crippen molar-refractivity contribution in [2.24, 2.45) is 0 Å². The lowest BCUT2D eigenvalue weighted by molar-refractivity contribution is -0.385. The molecule has 0 aliphatic heterocycles. The molecule has 0 aromatic heterocycles. The lowest BCUT2D eigenvalue weighted by Gasteiger charge is -2.21. The number of carbonyl (C=O) groups excluding carboxylic acids is 1. The molecule has 1 aromatic carbocycles. The molecular weight excluding hydrogens is 284 g/mol. The minimum absolute atomic E-state index is 0.0487. The molecule has 0 saturated carbocycles. The maximum atomic E-state index is 12.1. The first-order chi connectivity index (χ1) is 10.6. The Balaban J connectivity index is 2.42. The predicted molar refractivity (Wildman–Crippen MR) is 85.0 cm³/mol. The van der Waals surface area contributed by atoms with E-state index in [2.05, 4.69) is 0 Å². The third kappa shape index (κ3) is 5.71. The van der Waals surface area contributed by atoms with Crippen molar-refractivity contribution >= 4 is 11.6 Å². The molecule has 0 atom stereocenters. The van der Waals surface area contributed by atoms with E-state index in [1.165, 1.54) is 6.07 Å². The van der Waals surface area contributed by atoms with E-state index in [0.717, 1.165) is 25.9 Å². The Morgan fingerprint density at radius 3 is 2.45 bits per heavy atom. The first kappa shape index (κ1) is 17.9. The van der Waals surface area contributed by atoms with Crippen molar-refractivity contribution in [1.82, 2.24) is 4.90 Å². The fourth-order valence-corrected chi connectivity index (χ4v) is 2.19. The van der Waals surface area contributed by atoms with Gasteiger partial charge in [-0.1, -0.05) is 26.0 Å². The minimum Gasteiger partial charge on any atom is -0.487 e. The number of nitro benzene ring substituents is 1. The molecule has 6 nitrogen and oxygen atoms in total. The monoisotopic (exact) mass is 308 g/mol. The number of hydrogen-bond acceptors (Lipinski definition) is 4. The molecule has 0 bridgehead atoms. The quantitative estimate of drug-likeness (QED) is 0.377. The zero-order valence-electron chi connectivity index (χ0n) is 13.3. The second kappa shape index (κ2) is 9.76. The van der Waals surface area contributed by atoms with E-state index >= 15 is 0 Å². The van der Waals surface area contributed by atoms with Gasteiger partial charge in [-0.2, -0.15) is 0 Å². The fourth-order valence-electron chi connectivity index (χ4n) is 2.19. The fraction of sp³-hybridized carbons (Fsp3) is 0.562. The van der Waals surface area contributed by atoms with Gasteiger partial charge < -0.3 is 9.64 Å². The summed E-state index contributed by atoms with van der Waals surface area (Å²) in [6, 6.07) is 6.27. The summed E-state index contributed by atoms with van der Waals surface area (Å²) >= 11 is 0. The Kier molecular flexibility index (Phi) is 7.96. The summed E-state index contributed by atoms with van der Waals surface area (Å²) in [7, 11) is 0. The van der Waals surface area contributed by atoms with Crippen LogP contribution >= 0.6 is 0 Å². The van der Waals surface area contributed by atoms with E-state index in [4.69, 9.17) is 4.74 Å². The minimum atomic E-state index is -0.468. The molecule has 0 heterocycles. The Morgan fingerprint density at radius 2 is 1.86 bits per heavy atom. The highest BCUT2D eigenvalue weighted by Gasteiger charge is 2.14. The Bertz CT molecular complexity index is 485. The molecule has 1 aromatic rings. The van der Waals surface area contributed by atoms with Gasteiger partial charge in [-0.15, -0.1) is 0 Å². The third-order valence-corrected chi connectivity index (χ3v) is 3.19. The number of amides is 1. The molecule has 1 rings (SSSR count). The number of rotatable bonds is 10. The molecule has 0 N–H and O–H groups in total. The molecule has 122 valence electrons. The summed E-state index contributed by atoms with van der Waals surface area (Å²) in [6.45, 7) is 5.94. The van der Waals surface area contributed by atoms with Crippen LogP contribution in [-0.4, -0.2) is 35.4 Å². The van der Waals surface area contributed by atoms with Gasteiger partial charge in [0.1, 0.15) is 0 Å². The first-order valence-electron chi connectivity index (χ1n) is 7.74. The van der Waals surface area contributed by atoms with Gasteiger partial charge in [0.05, 0.1) is 11.5 Å². The van der Waals surface area contributed by atoms with E-state index in [0.29, 0.717) is 19.4 Å². The van der Waals surface area contributed by atoms with Crippen LogP contribution < -0.4 is 4.74 Å². The van der Waals surface area contributed by atoms with Crippen molar-refractivity contribution < 1.29 is 14.5 Å². The molecule has 0 aliphatic carbocycles. The van der Waals surface area contributed by atoms with Gasteiger partial charge in [-0.25, -0.2) is 0 Å². The normalized spacial score (nSPS) is 10.3. The molecule has 0 radical (unpaired) electrons. The van der Waals surface area contributed by atoms with Gasteiger partial charge in [0, 0.05) is 25.6 Å². The van der Waals surface area contributed by atoms with Crippen LogP contribution in [0.25, 0.3) is 0 Å². The number of ether oxygens (including phenoxy) is 1. The van der Waals surface area contributed by atoms with E-state index < -0.39 is 4.92 Å². The van der Waals surface area contributed by atoms with Crippen molar-refractivity contribution in [3.05, 3.63) is 34.4 Å². The van der Waals surface area contributed by atoms with Gasteiger partial charge in [-0.3, -0.25) is 14.9 Å². The topological polar surface area (TPSA) is 72.7 Å². The number of para-hydroxylation sites is 2. The van der Waals surface area contributed by atoms with Crippen LogP contribution in [0.3, 0.4) is 0 Å². The Hall–Kier alpha value is -2.11. The van der Waals surface area contributed by atoms with Gasteiger partial charge in [0.15, 0.2) is 5.75 Å². The van der Waals surface area contributed by atoms with Crippen LogP contribution in [0.15, 0.2) is 24.3 Å². The van der Waals surface area contributed by atoms with Crippen molar-refractivity contribution in [3.8, 4) is 5.75 Å². The van der Waals surface area contributed by atoms with Crippen molar-refractivity contribution in [1.29, 1.82) is 0 Å². The average Bonchev–Trinajstić information content (AvgIpc) is 2.51. The van der Waals surface area contributed by atoms with Gasteiger partial charge >= 0.3 is 5.69 Å². The summed E-state index contributed by atoms with van der Waals surface area (Å²) < 4.78 is 5.44. The highest BCUT2D eigenvalue weighted by molar-refractivity contribution is 5.76. The maximum absolute atomic E-state index is 12.1. The van der Waals surface area contributed by atoms with Crippen LogP contribution in [0, 0.1) is 10.1 Å². The first-order valence-corrected chi connectivity index (χ1v) is 7.74. The second-order valence-electron chi connectivity index (χ2n) is 5.06. The van der Waals surface area contributed by atoms with E-state index in [-0.39, 0.29) is 17.3 Å². The Labute approximate surface area is 131 Å². The van der Waals surface area contributed by atoms with Crippen LogP contribution in [-0.2, 0) is 4.79 Å². The SMILES string of the molecule is CCCN(CCC)C(=O)CCCOc1ccccc1[N+](=O)[O-]. The van der Waals surface area contributed by atoms with Crippen LogP contribution in [0.1, 0.15) is 39.5 Å². The lowest BCUT2D eigenvalue weighted by atomic mass is 10.2. The van der Waals surface area contributed by atoms with Crippen LogP contribution in [0.2, 0.25) is 0 Å². The van der Waals surface area contributed by atoms with Crippen LogP contribution in [0.4, 0.5) is 5.69 Å². The molecule has 6 heteroatoms. The summed E-state index contributed by atoms with van der Waals surface area (Å²) in [5.41, 5.74) is -0.0487. The van der Waals surface area contributed by atoms with E-state index in [1.807, 2.05) is 18.7 Å². The van der Waals surface area contributed by atoms with Crippen molar-refractivity contribution in [3.63, 3.8) is 0 Å². The molecule has 0 aliphatic rings. The molecule has 0 fully saturated rings. The Morgan fingerprint density at radius 1 is 1.23 bits per heavy atom. The number of carbonyl (C=O) groups is 1. The molecule has 0 saturated heterocycles. The highest BCUT2D eigenvalue weighted by Crippen LogP contribution is 2.25. The predicted octanol–water partition coefficient (Wildman–Crippen LogP) is 3.40. The van der Waals surface area contributed by atoms with Crippen molar-refractivity contribution in [2.75, 3.05) is 19.7 Å². The maximum Gasteiger partial charge on any atom is 0.310 e. The summed E-state index contributed by atoms with van der Waals surface area (Å²) in [4.78, 5) is 24.3. The number of benzene rings is 1. The molecule has 1 amide bonds. The molecule has 22 heavy (non-hydrogen) atoms. The van der Waals surface area contributed by atoms with Crippen molar-refractivity contribution in [2.45, 2.75) is 39.5 Å². The lowest BCUT2D eigenvalue weighted by Crippen LogP contribution is -2.32. The van der Waals surface area contributed by atoms with E-state index in [9.17, 15) is 14.9 Å². The zero-order valence-corrected chi connectivity index (χ0v) is 13.3. The summed E-state index contributed by atoms with van der Waals surface area (Å²) in [5.74, 6) is 0.369. The average molecular weight is 308 g/mol. The van der Waals surface area contributed by atoms with Crippen LogP contribution in [0.5, 0.6) is 5.75 Å². The second-order valence-corrected chi connectivity index (χ2v) is 5.06. The summed E-state index contributed by atoms with van der Waals surface area (Å²) in [5, 5.41) is 10.9. The molecule has 0 spiro atoms. The molecular formula is C16H24N2O4. The number of nitro groups is 1. The van der Waals surface area contributed by atoms with E-state index in [1.54, 1.807) is 18.2 Å². The van der Waals surface area contributed by atoms with Gasteiger partial charge in [0.25, 0.3) is 0 Å². The third-order valence-electron chi connectivity index (χ3n) is 3.19. The molecule has 0 unspecified atom stereocenters. The standard InChI is InChI=1S/C16H24N2O4/c1-3-11-17(12-4-2)16(19)10-7-13-22-15-9-6-5-8-14(15)18(20)21/h5-6,8-9H,3-4,7,10-13H2,1-2H3. The summed E-state index contributed by atoms with van der Waals surface area (Å²) in [6.07, 6.45) is 2.84. The van der Waals surface area contributed by atoms with Gasteiger partial charge in [-0.05, 0) is 25.3 Å². The van der Waals surface area contributed by atoms with Gasteiger partial charge in [0.2, 0.25) is 5.91 Å². The highest BCUT2D eigenvalue weighted by atomic mass is 16.6. The zero-order chi connectivity index (χ0) is 16.4. The number of nitrogens with zero attached hydrogens (tertiary/aromatic N) is 2. The largest absolute Gasteiger partial charge is 0.487 e. The number of hydrogen-bond donors (Lipinski definition) is 0. The smallest absolute Gasteiger partial charge is 0.310 e.